The molecule has 1 fully saturated rings. The molecule has 196 valence electrons. The molecule has 5 heterocycles. The number of rotatable bonds is 7. The Hall–Kier alpha value is -3.35. The summed E-state index contributed by atoms with van der Waals surface area (Å²) in [6.45, 7) is 9.59. The van der Waals surface area contributed by atoms with E-state index in [1.54, 1.807) is 30.1 Å². The standard InChI is InChI=1S/C23H23N5O5S2.C2H6/c1-13-17(25-21(34-13)27-4-6-31-7-5-27)12-32-18-8-14(29-2)9-19-15(18)10-20(33-19)16-11-28-22(24-16)35-23(26-28)30-3;1-2/h8-11H,4-7,12H2,1-3H3;1-2H3. The van der Waals surface area contributed by atoms with Crippen LogP contribution >= 0.6 is 22.7 Å². The average molecular weight is 544 g/mol. The number of aryl methyl sites for hydroxylation is 1. The number of hydrogen-bond acceptors (Lipinski definition) is 11. The van der Waals surface area contributed by atoms with Crippen molar-refractivity contribution in [2.75, 3.05) is 45.4 Å². The van der Waals surface area contributed by atoms with Crippen LogP contribution in [0.25, 0.3) is 27.4 Å². The molecule has 0 atom stereocenters. The van der Waals surface area contributed by atoms with Gasteiger partial charge in [0.05, 0.1) is 44.7 Å². The molecule has 1 aliphatic heterocycles. The van der Waals surface area contributed by atoms with E-state index in [1.165, 1.54) is 11.3 Å². The van der Waals surface area contributed by atoms with Gasteiger partial charge in [-0.15, -0.1) is 16.4 Å². The summed E-state index contributed by atoms with van der Waals surface area (Å²) in [6.07, 6.45) is 1.82. The number of imidazole rings is 1. The van der Waals surface area contributed by atoms with Crippen LogP contribution in [-0.4, -0.2) is 60.1 Å². The largest absolute Gasteiger partial charge is 0.496 e. The molecule has 0 spiro atoms. The summed E-state index contributed by atoms with van der Waals surface area (Å²) in [6, 6.07) is 5.64. The highest BCUT2D eigenvalue weighted by Gasteiger charge is 2.20. The SMILES string of the molecule is CC.COc1cc(OCc2nc(N3CCOCC3)sc2C)c2cc(-c3cn4nc(OC)sc4n3)oc2c1. The Morgan fingerprint density at radius 1 is 1.03 bits per heavy atom. The van der Waals surface area contributed by atoms with Crippen molar-refractivity contribution in [3.8, 4) is 28.1 Å². The van der Waals surface area contributed by atoms with Gasteiger partial charge in [-0.3, -0.25) is 0 Å². The minimum absolute atomic E-state index is 0.347. The van der Waals surface area contributed by atoms with Gasteiger partial charge in [0.25, 0.3) is 5.19 Å². The van der Waals surface area contributed by atoms with Crippen LogP contribution in [0.15, 0.2) is 28.8 Å². The lowest BCUT2D eigenvalue weighted by molar-refractivity contribution is 0.122. The number of hydrogen-bond donors (Lipinski definition) is 0. The highest BCUT2D eigenvalue weighted by molar-refractivity contribution is 7.18. The molecular formula is C25H29N5O5S2. The first-order valence-electron chi connectivity index (χ1n) is 12.0. The molecule has 0 bridgehead atoms. The van der Waals surface area contributed by atoms with E-state index < -0.39 is 0 Å². The zero-order valence-corrected chi connectivity index (χ0v) is 23.1. The Morgan fingerprint density at radius 2 is 1.84 bits per heavy atom. The minimum atomic E-state index is 0.347. The summed E-state index contributed by atoms with van der Waals surface area (Å²) in [4.78, 5) is 13.6. The van der Waals surface area contributed by atoms with Crippen LogP contribution in [-0.2, 0) is 11.3 Å². The van der Waals surface area contributed by atoms with Gasteiger partial charge in [-0.05, 0) is 24.3 Å². The zero-order chi connectivity index (χ0) is 25.9. The second kappa shape index (κ2) is 11.0. The van der Waals surface area contributed by atoms with E-state index in [2.05, 4.69) is 21.9 Å². The van der Waals surface area contributed by atoms with E-state index >= 15 is 0 Å². The number of aromatic nitrogens is 4. The average Bonchev–Trinajstić information content (AvgIpc) is 3.70. The van der Waals surface area contributed by atoms with Crippen molar-refractivity contribution >= 4 is 43.7 Å². The number of thiazole rings is 1. The third kappa shape index (κ3) is 5.09. The molecule has 0 N–H and O–H groups in total. The number of ether oxygens (including phenoxy) is 4. The molecule has 5 aromatic rings. The molecule has 1 aromatic carbocycles. The number of methoxy groups -OCH3 is 2. The van der Waals surface area contributed by atoms with E-state index in [-0.39, 0.29) is 0 Å². The molecule has 0 unspecified atom stereocenters. The summed E-state index contributed by atoms with van der Waals surface area (Å²) < 4.78 is 30.2. The second-order valence-corrected chi connectivity index (χ2v) is 10.1. The van der Waals surface area contributed by atoms with Crippen molar-refractivity contribution in [1.82, 2.24) is 19.6 Å². The number of fused-ring (bicyclic) bond motifs is 2. The lowest BCUT2D eigenvalue weighted by Gasteiger charge is -2.26. The fraction of sp³-hybridized carbons (Fsp3) is 0.400. The van der Waals surface area contributed by atoms with Gasteiger partial charge in [0.2, 0.25) is 4.96 Å². The van der Waals surface area contributed by atoms with Gasteiger partial charge in [0.15, 0.2) is 10.9 Å². The van der Waals surface area contributed by atoms with Gasteiger partial charge in [-0.25, -0.2) is 14.5 Å². The van der Waals surface area contributed by atoms with Gasteiger partial charge in [-0.1, -0.05) is 13.8 Å². The number of furan rings is 1. The molecule has 0 radical (unpaired) electrons. The summed E-state index contributed by atoms with van der Waals surface area (Å²) >= 11 is 3.05. The monoisotopic (exact) mass is 543 g/mol. The fourth-order valence-corrected chi connectivity index (χ4v) is 5.58. The number of benzene rings is 1. The molecule has 4 aromatic heterocycles. The van der Waals surface area contributed by atoms with Gasteiger partial charge in [0.1, 0.15) is 29.4 Å². The lowest BCUT2D eigenvalue weighted by Crippen LogP contribution is -2.36. The maximum absolute atomic E-state index is 6.26. The highest BCUT2D eigenvalue weighted by Crippen LogP contribution is 2.38. The van der Waals surface area contributed by atoms with Crippen LogP contribution in [0.5, 0.6) is 16.7 Å². The van der Waals surface area contributed by atoms with E-state index in [9.17, 15) is 0 Å². The fourth-order valence-electron chi connectivity index (χ4n) is 3.91. The molecule has 37 heavy (non-hydrogen) atoms. The topological polar surface area (TPSA) is 96.4 Å². The first-order valence-corrected chi connectivity index (χ1v) is 13.7. The molecule has 1 aliphatic rings. The molecule has 1 saturated heterocycles. The first-order chi connectivity index (χ1) is 18.1. The van der Waals surface area contributed by atoms with Crippen LogP contribution in [0.4, 0.5) is 5.13 Å². The van der Waals surface area contributed by atoms with Gasteiger partial charge in [0, 0.05) is 30.1 Å². The quantitative estimate of drug-likeness (QED) is 0.266. The van der Waals surface area contributed by atoms with Crippen molar-refractivity contribution < 1.29 is 23.4 Å². The Kier molecular flexibility index (Phi) is 7.49. The van der Waals surface area contributed by atoms with Crippen LogP contribution in [0.3, 0.4) is 0 Å². The summed E-state index contributed by atoms with van der Waals surface area (Å²) in [5.74, 6) is 1.93. The second-order valence-electron chi connectivity index (χ2n) is 7.96. The third-order valence-corrected chi connectivity index (χ3v) is 7.75. The minimum Gasteiger partial charge on any atom is -0.496 e. The number of nitrogens with zero attached hydrogens (tertiary/aromatic N) is 5. The third-order valence-electron chi connectivity index (χ3n) is 5.79. The Labute approximate surface area is 222 Å². The highest BCUT2D eigenvalue weighted by atomic mass is 32.1. The van der Waals surface area contributed by atoms with E-state index in [0.717, 1.165) is 52.4 Å². The molecule has 0 saturated carbocycles. The first kappa shape index (κ1) is 25.3. The van der Waals surface area contributed by atoms with Crippen LogP contribution in [0.1, 0.15) is 24.4 Å². The summed E-state index contributed by atoms with van der Waals surface area (Å²) in [7, 11) is 3.21. The van der Waals surface area contributed by atoms with Crippen LogP contribution < -0.4 is 19.1 Å². The van der Waals surface area contributed by atoms with Gasteiger partial charge < -0.3 is 28.3 Å². The van der Waals surface area contributed by atoms with Crippen LogP contribution in [0, 0.1) is 6.92 Å². The van der Waals surface area contributed by atoms with E-state index in [0.29, 0.717) is 40.3 Å². The molecular weight excluding hydrogens is 514 g/mol. The van der Waals surface area contributed by atoms with Crippen molar-refractivity contribution in [3.63, 3.8) is 0 Å². The molecule has 12 heteroatoms. The molecule has 0 amide bonds. The normalized spacial score (nSPS) is 13.6. The maximum atomic E-state index is 6.26. The van der Waals surface area contributed by atoms with Crippen molar-refractivity contribution in [3.05, 3.63) is 35.0 Å². The summed E-state index contributed by atoms with van der Waals surface area (Å²) in [5, 5.41) is 6.73. The predicted octanol–water partition coefficient (Wildman–Crippen LogP) is 5.43. The van der Waals surface area contributed by atoms with Gasteiger partial charge in [-0.2, -0.15) is 0 Å². The summed E-state index contributed by atoms with van der Waals surface area (Å²) in [5.41, 5.74) is 2.25. The molecule has 10 nitrogen and oxygen atoms in total. The number of morpholine rings is 1. The molecule has 6 rings (SSSR count). The smallest absolute Gasteiger partial charge is 0.294 e. The van der Waals surface area contributed by atoms with E-state index in [1.807, 2.05) is 38.2 Å². The van der Waals surface area contributed by atoms with Crippen molar-refractivity contribution in [1.29, 1.82) is 0 Å². The number of anilines is 1. The zero-order valence-electron chi connectivity index (χ0n) is 21.4. The lowest BCUT2D eigenvalue weighted by atomic mass is 10.2. The Morgan fingerprint density at radius 3 is 2.57 bits per heavy atom. The predicted molar refractivity (Wildman–Crippen MR) is 145 cm³/mol. The van der Waals surface area contributed by atoms with Crippen LogP contribution in [0.2, 0.25) is 0 Å². The maximum Gasteiger partial charge on any atom is 0.294 e. The Bertz CT molecular complexity index is 1470. The van der Waals surface area contributed by atoms with Gasteiger partial charge >= 0.3 is 0 Å². The Balaban J connectivity index is 0.00000137. The van der Waals surface area contributed by atoms with Crippen molar-refractivity contribution in [2.45, 2.75) is 27.4 Å². The van der Waals surface area contributed by atoms with Crippen molar-refractivity contribution in [2.24, 2.45) is 0 Å². The molecule has 0 aliphatic carbocycles. The van der Waals surface area contributed by atoms with E-state index in [4.69, 9.17) is 28.3 Å².